The molecule has 4 nitrogen and oxygen atoms in total. The highest BCUT2D eigenvalue weighted by Gasteiger charge is 2.36. The van der Waals surface area contributed by atoms with Crippen LogP contribution in [0.1, 0.15) is 12.5 Å². The van der Waals surface area contributed by atoms with Crippen LogP contribution < -0.4 is 9.80 Å². The molecule has 1 aliphatic rings. The molecule has 1 heterocycles. The van der Waals surface area contributed by atoms with E-state index in [1.807, 2.05) is 55.5 Å². The molecule has 0 spiro atoms. The van der Waals surface area contributed by atoms with Crippen LogP contribution in [-0.4, -0.2) is 18.9 Å². The number of nitrogens with zero attached hydrogens (tertiary/aromatic N) is 2. The summed E-state index contributed by atoms with van der Waals surface area (Å²) >= 11 is 0. The number of rotatable bonds is 1. The van der Waals surface area contributed by atoms with E-state index < -0.39 is 5.92 Å². The summed E-state index contributed by atoms with van der Waals surface area (Å²) in [5.74, 6) is -1.10. The fourth-order valence-corrected chi connectivity index (χ4v) is 2.77. The minimum atomic E-state index is -0.710. The normalized spacial score (nSPS) is 18.2. The van der Waals surface area contributed by atoms with Crippen LogP contribution in [0.5, 0.6) is 0 Å². The first-order valence-corrected chi connectivity index (χ1v) is 7.28. The second-order valence-electron chi connectivity index (χ2n) is 5.62. The molecule has 4 heteroatoms. The summed E-state index contributed by atoms with van der Waals surface area (Å²) in [6, 6.07) is 15.2. The SMILES string of the molecule is Cc1ccc2c(c1)N(c1ccccc1)C(=O)C(C)C(=O)N2C. The number of hydrogen-bond donors (Lipinski definition) is 0. The van der Waals surface area contributed by atoms with Crippen molar-refractivity contribution < 1.29 is 9.59 Å². The Labute approximate surface area is 130 Å². The quantitative estimate of drug-likeness (QED) is 0.757. The number of amides is 2. The minimum absolute atomic E-state index is 0.187. The largest absolute Gasteiger partial charge is 0.313 e. The number of aryl methyl sites for hydroxylation is 1. The first-order valence-electron chi connectivity index (χ1n) is 7.28. The lowest BCUT2D eigenvalue weighted by molar-refractivity contribution is -0.130. The summed E-state index contributed by atoms with van der Waals surface area (Å²) in [4.78, 5) is 28.5. The molecule has 1 unspecified atom stereocenters. The number of hydrogen-bond acceptors (Lipinski definition) is 2. The fourth-order valence-electron chi connectivity index (χ4n) is 2.77. The Kier molecular flexibility index (Phi) is 3.45. The smallest absolute Gasteiger partial charge is 0.243 e. The van der Waals surface area contributed by atoms with Crippen LogP contribution in [0.3, 0.4) is 0 Å². The van der Waals surface area contributed by atoms with Gasteiger partial charge in [0.2, 0.25) is 11.8 Å². The van der Waals surface area contributed by atoms with Gasteiger partial charge in [-0.25, -0.2) is 0 Å². The highest BCUT2D eigenvalue weighted by atomic mass is 16.2. The summed E-state index contributed by atoms with van der Waals surface area (Å²) in [6.07, 6.45) is 0. The third-order valence-corrected chi connectivity index (χ3v) is 4.04. The molecule has 0 aromatic heterocycles. The van der Waals surface area contributed by atoms with Crippen LogP contribution in [0.2, 0.25) is 0 Å². The molecule has 0 radical (unpaired) electrons. The zero-order chi connectivity index (χ0) is 15.9. The average Bonchev–Trinajstić information content (AvgIpc) is 2.59. The van der Waals surface area contributed by atoms with Gasteiger partial charge in [-0.3, -0.25) is 14.5 Å². The van der Waals surface area contributed by atoms with Gasteiger partial charge in [-0.1, -0.05) is 24.3 Å². The van der Waals surface area contributed by atoms with Crippen LogP contribution in [0.15, 0.2) is 48.5 Å². The van der Waals surface area contributed by atoms with Crippen molar-refractivity contribution in [1.29, 1.82) is 0 Å². The maximum Gasteiger partial charge on any atom is 0.243 e. The summed E-state index contributed by atoms with van der Waals surface area (Å²) < 4.78 is 0. The number of carbonyl (C=O) groups is 2. The van der Waals surface area contributed by atoms with Crippen LogP contribution >= 0.6 is 0 Å². The molecule has 0 aliphatic carbocycles. The zero-order valence-electron chi connectivity index (χ0n) is 12.9. The molecule has 2 aromatic carbocycles. The Morgan fingerprint density at radius 3 is 2.27 bits per heavy atom. The van der Waals surface area contributed by atoms with E-state index in [1.54, 1.807) is 23.8 Å². The molecular weight excluding hydrogens is 276 g/mol. The van der Waals surface area contributed by atoms with Gasteiger partial charge >= 0.3 is 0 Å². The molecule has 112 valence electrons. The van der Waals surface area contributed by atoms with Gasteiger partial charge in [0.05, 0.1) is 11.4 Å². The average molecular weight is 294 g/mol. The topological polar surface area (TPSA) is 40.6 Å². The molecule has 1 atom stereocenters. The van der Waals surface area contributed by atoms with Crippen molar-refractivity contribution in [3.8, 4) is 0 Å². The highest BCUT2D eigenvalue weighted by molar-refractivity contribution is 6.19. The second-order valence-corrected chi connectivity index (χ2v) is 5.62. The molecule has 3 rings (SSSR count). The summed E-state index contributed by atoms with van der Waals surface area (Å²) in [7, 11) is 1.72. The minimum Gasteiger partial charge on any atom is -0.313 e. The van der Waals surface area contributed by atoms with Gasteiger partial charge in [0.25, 0.3) is 0 Å². The number of para-hydroxylation sites is 1. The van der Waals surface area contributed by atoms with E-state index in [0.29, 0.717) is 0 Å². The van der Waals surface area contributed by atoms with E-state index in [0.717, 1.165) is 22.6 Å². The molecule has 2 amide bonds. The van der Waals surface area contributed by atoms with E-state index in [2.05, 4.69) is 0 Å². The van der Waals surface area contributed by atoms with Crippen molar-refractivity contribution >= 4 is 28.9 Å². The maximum atomic E-state index is 12.9. The Morgan fingerprint density at radius 1 is 0.909 bits per heavy atom. The van der Waals surface area contributed by atoms with Gasteiger partial charge in [0.1, 0.15) is 5.92 Å². The van der Waals surface area contributed by atoms with Crippen molar-refractivity contribution in [2.45, 2.75) is 13.8 Å². The lowest BCUT2D eigenvalue weighted by Crippen LogP contribution is -2.37. The lowest BCUT2D eigenvalue weighted by Gasteiger charge is -2.24. The Hall–Kier alpha value is -2.62. The Morgan fingerprint density at radius 2 is 1.59 bits per heavy atom. The highest BCUT2D eigenvalue weighted by Crippen LogP contribution is 2.39. The van der Waals surface area contributed by atoms with Crippen LogP contribution in [0.4, 0.5) is 17.1 Å². The fraction of sp³-hybridized carbons (Fsp3) is 0.222. The van der Waals surface area contributed by atoms with E-state index in [9.17, 15) is 9.59 Å². The predicted octanol–water partition coefficient (Wildman–Crippen LogP) is 3.27. The van der Waals surface area contributed by atoms with Gasteiger partial charge in [0, 0.05) is 12.7 Å². The zero-order valence-corrected chi connectivity index (χ0v) is 12.9. The number of fused-ring (bicyclic) bond motifs is 1. The molecule has 0 N–H and O–H groups in total. The maximum absolute atomic E-state index is 12.9. The standard InChI is InChI=1S/C18H18N2O2/c1-12-9-10-15-16(11-12)20(14-7-5-4-6-8-14)18(22)13(2)17(21)19(15)3/h4-11,13H,1-3H3. The molecule has 0 saturated heterocycles. The molecular formula is C18H18N2O2. The molecule has 0 bridgehead atoms. The molecule has 22 heavy (non-hydrogen) atoms. The molecule has 0 fully saturated rings. The Balaban J connectivity index is 2.27. The Bertz CT molecular complexity index is 740. The number of benzene rings is 2. The van der Waals surface area contributed by atoms with E-state index in [-0.39, 0.29) is 11.8 Å². The number of anilines is 3. The van der Waals surface area contributed by atoms with Crippen LogP contribution in [-0.2, 0) is 9.59 Å². The van der Waals surface area contributed by atoms with Crippen molar-refractivity contribution in [2.75, 3.05) is 16.8 Å². The lowest BCUT2D eigenvalue weighted by atomic mass is 10.1. The monoisotopic (exact) mass is 294 g/mol. The molecule has 2 aromatic rings. The van der Waals surface area contributed by atoms with Gasteiger partial charge in [-0.2, -0.15) is 0 Å². The van der Waals surface area contributed by atoms with E-state index in [4.69, 9.17) is 0 Å². The van der Waals surface area contributed by atoms with Gasteiger partial charge in [-0.05, 0) is 43.7 Å². The van der Waals surface area contributed by atoms with Gasteiger partial charge in [0.15, 0.2) is 0 Å². The predicted molar refractivity (Wildman–Crippen MR) is 87.3 cm³/mol. The van der Waals surface area contributed by atoms with E-state index >= 15 is 0 Å². The first-order chi connectivity index (χ1) is 10.5. The van der Waals surface area contributed by atoms with Crippen LogP contribution in [0.25, 0.3) is 0 Å². The summed E-state index contributed by atoms with van der Waals surface area (Å²) in [6.45, 7) is 3.64. The first kappa shape index (κ1) is 14.3. The van der Waals surface area contributed by atoms with Gasteiger partial charge < -0.3 is 4.90 Å². The second kappa shape index (κ2) is 5.30. The van der Waals surface area contributed by atoms with Gasteiger partial charge in [-0.15, -0.1) is 0 Å². The van der Waals surface area contributed by atoms with Crippen molar-refractivity contribution in [3.05, 3.63) is 54.1 Å². The number of carbonyl (C=O) groups excluding carboxylic acids is 2. The van der Waals surface area contributed by atoms with Crippen LogP contribution in [0, 0.1) is 12.8 Å². The summed E-state index contributed by atoms with van der Waals surface area (Å²) in [5, 5.41) is 0. The van der Waals surface area contributed by atoms with Crippen molar-refractivity contribution in [1.82, 2.24) is 0 Å². The third kappa shape index (κ3) is 2.17. The summed E-state index contributed by atoms with van der Waals surface area (Å²) in [5.41, 5.74) is 3.31. The van der Waals surface area contributed by atoms with Crippen molar-refractivity contribution in [3.63, 3.8) is 0 Å². The van der Waals surface area contributed by atoms with E-state index in [1.165, 1.54) is 0 Å². The molecule has 1 aliphatic heterocycles. The van der Waals surface area contributed by atoms with Crippen molar-refractivity contribution in [2.24, 2.45) is 5.92 Å². The molecule has 0 saturated carbocycles. The third-order valence-electron chi connectivity index (χ3n) is 4.04.